The van der Waals surface area contributed by atoms with Gasteiger partial charge >= 0.3 is 0 Å². The van der Waals surface area contributed by atoms with Gasteiger partial charge in [0.2, 0.25) is 17.7 Å². The van der Waals surface area contributed by atoms with E-state index in [0.717, 1.165) is 35.2 Å². The fraction of sp³-hybridized carbons (Fsp3) is 0.318. The van der Waals surface area contributed by atoms with E-state index in [1.807, 2.05) is 38.8 Å². The number of amides is 1. The van der Waals surface area contributed by atoms with Crippen LogP contribution in [0.5, 0.6) is 5.88 Å². The highest BCUT2D eigenvalue weighted by atomic mass is 16.5. The second kappa shape index (κ2) is 8.08. The lowest BCUT2D eigenvalue weighted by Crippen LogP contribution is -2.49. The van der Waals surface area contributed by atoms with Crippen LogP contribution in [0.2, 0.25) is 0 Å². The summed E-state index contributed by atoms with van der Waals surface area (Å²) in [4.78, 5) is 26.1. The third-order valence-corrected chi connectivity index (χ3v) is 5.87. The minimum absolute atomic E-state index is 0.0640. The van der Waals surface area contributed by atoms with Crippen molar-refractivity contribution in [3.63, 3.8) is 0 Å². The molecule has 5 rings (SSSR count). The van der Waals surface area contributed by atoms with Crippen LogP contribution in [0.3, 0.4) is 0 Å². The minimum atomic E-state index is -0.0890. The summed E-state index contributed by atoms with van der Waals surface area (Å²) in [5.41, 5.74) is 3.07. The molecular weight excluding hydrogens is 422 g/mol. The maximum absolute atomic E-state index is 11.9. The standard InChI is InChI=1S/C22H25N9O2/c1-5-18(32)31(4)14-8-15(9-14)33-21-19-16(17-6-7-29(2)28-17)11-23-20(19)26-22(27-21)25-13-10-24-30(3)12-13/h5-7,10-12,14-15H,1,8-9H2,2-4H3,(H2,23,25,26,27)/t14-,15-. The number of nitrogens with zero attached hydrogens (tertiary/aromatic N) is 7. The van der Waals surface area contributed by atoms with Crippen LogP contribution in [0, 0.1) is 0 Å². The molecule has 4 aromatic rings. The molecule has 11 heteroatoms. The number of nitrogens with one attached hydrogen (secondary N) is 2. The number of aryl methyl sites for hydroxylation is 2. The SMILES string of the molecule is C=CC(=O)N(C)[C@H]1C[C@H](Oc2nc(Nc3cnn(C)c3)nc3[nH]cc(-c4ccn(C)n4)c23)C1. The first kappa shape index (κ1) is 20.7. The van der Waals surface area contributed by atoms with Crippen molar-refractivity contribution in [2.75, 3.05) is 12.4 Å². The molecule has 170 valence electrons. The molecule has 1 aliphatic rings. The van der Waals surface area contributed by atoms with E-state index in [1.165, 1.54) is 6.08 Å². The van der Waals surface area contributed by atoms with Crippen LogP contribution >= 0.6 is 0 Å². The zero-order valence-corrected chi connectivity index (χ0v) is 18.7. The Hall–Kier alpha value is -4.15. The van der Waals surface area contributed by atoms with E-state index in [1.54, 1.807) is 27.5 Å². The second-order valence-corrected chi connectivity index (χ2v) is 8.20. The zero-order valence-electron chi connectivity index (χ0n) is 18.7. The normalized spacial score (nSPS) is 17.5. The molecule has 0 radical (unpaired) electrons. The van der Waals surface area contributed by atoms with Crippen molar-refractivity contribution < 1.29 is 9.53 Å². The van der Waals surface area contributed by atoms with Gasteiger partial charge in [0.05, 0.1) is 23.0 Å². The summed E-state index contributed by atoms with van der Waals surface area (Å²) in [5, 5.41) is 12.6. The summed E-state index contributed by atoms with van der Waals surface area (Å²) in [6, 6.07) is 2.05. The van der Waals surface area contributed by atoms with E-state index < -0.39 is 0 Å². The van der Waals surface area contributed by atoms with Gasteiger partial charge in [-0.25, -0.2) is 0 Å². The number of anilines is 2. The number of likely N-dealkylation sites (N-methyl/N-ethyl adjacent to an activating group) is 1. The lowest BCUT2D eigenvalue weighted by atomic mass is 9.88. The monoisotopic (exact) mass is 447 g/mol. The fourth-order valence-corrected chi connectivity index (χ4v) is 3.95. The summed E-state index contributed by atoms with van der Waals surface area (Å²) in [7, 11) is 5.50. The van der Waals surface area contributed by atoms with E-state index in [9.17, 15) is 4.79 Å². The average Bonchev–Trinajstić information content (AvgIpc) is 3.49. The third-order valence-electron chi connectivity index (χ3n) is 5.87. The Morgan fingerprint density at radius 3 is 2.82 bits per heavy atom. The summed E-state index contributed by atoms with van der Waals surface area (Å²) in [6.07, 6.45) is 9.99. The molecule has 1 saturated carbocycles. The molecule has 0 bridgehead atoms. The maximum atomic E-state index is 11.9. The van der Waals surface area contributed by atoms with Gasteiger partial charge < -0.3 is 19.9 Å². The largest absolute Gasteiger partial charge is 0.474 e. The van der Waals surface area contributed by atoms with Crippen LogP contribution < -0.4 is 10.1 Å². The van der Waals surface area contributed by atoms with E-state index in [-0.39, 0.29) is 18.1 Å². The summed E-state index contributed by atoms with van der Waals surface area (Å²) < 4.78 is 9.78. The molecule has 0 aliphatic heterocycles. The van der Waals surface area contributed by atoms with Gasteiger partial charge in [0.1, 0.15) is 11.8 Å². The molecule has 1 fully saturated rings. The summed E-state index contributed by atoms with van der Waals surface area (Å²) >= 11 is 0. The van der Waals surface area contributed by atoms with Gasteiger partial charge in [0, 0.05) is 64.2 Å². The maximum Gasteiger partial charge on any atom is 0.245 e. The van der Waals surface area contributed by atoms with Crippen LogP contribution in [0.4, 0.5) is 11.6 Å². The van der Waals surface area contributed by atoms with Crippen molar-refractivity contribution in [1.29, 1.82) is 0 Å². The lowest BCUT2D eigenvalue weighted by molar-refractivity contribution is -0.130. The van der Waals surface area contributed by atoms with E-state index in [0.29, 0.717) is 17.5 Å². The number of carbonyl (C=O) groups excluding carboxylic acids is 1. The number of rotatable bonds is 7. The first-order valence-electron chi connectivity index (χ1n) is 10.6. The van der Waals surface area contributed by atoms with Gasteiger partial charge in [-0.15, -0.1) is 0 Å². The molecule has 1 amide bonds. The molecule has 4 aromatic heterocycles. The van der Waals surface area contributed by atoms with Gasteiger partial charge in [0.25, 0.3) is 0 Å². The van der Waals surface area contributed by atoms with Gasteiger partial charge in [-0.3, -0.25) is 14.2 Å². The Bertz CT molecular complexity index is 1330. The highest BCUT2D eigenvalue weighted by Crippen LogP contribution is 2.37. The molecule has 33 heavy (non-hydrogen) atoms. The van der Waals surface area contributed by atoms with Crippen molar-refractivity contribution in [3.05, 3.63) is 43.5 Å². The van der Waals surface area contributed by atoms with Gasteiger partial charge in [-0.05, 0) is 12.1 Å². The van der Waals surface area contributed by atoms with Gasteiger partial charge in [0.15, 0.2) is 0 Å². The Morgan fingerprint density at radius 1 is 1.33 bits per heavy atom. The molecule has 4 heterocycles. The minimum Gasteiger partial charge on any atom is -0.474 e. The number of aromatic nitrogens is 7. The van der Waals surface area contributed by atoms with Crippen LogP contribution in [-0.2, 0) is 18.9 Å². The van der Waals surface area contributed by atoms with Crippen LogP contribution in [-0.4, -0.2) is 64.5 Å². The number of aromatic amines is 1. The van der Waals surface area contributed by atoms with Crippen molar-refractivity contribution >= 4 is 28.6 Å². The molecule has 0 saturated heterocycles. The summed E-state index contributed by atoms with van der Waals surface area (Å²) in [5.74, 6) is 0.776. The molecule has 0 spiro atoms. The number of H-pyrrole nitrogens is 1. The molecule has 0 aromatic carbocycles. The number of hydrogen-bond donors (Lipinski definition) is 2. The molecule has 0 atom stereocenters. The lowest BCUT2D eigenvalue weighted by Gasteiger charge is -2.40. The Labute approximate surface area is 190 Å². The molecule has 0 unspecified atom stereocenters. The Morgan fingerprint density at radius 2 is 2.15 bits per heavy atom. The van der Waals surface area contributed by atoms with E-state index in [4.69, 9.17) is 4.74 Å². The second-order valence-electron chi connectivity index (χ2n) is 8.20. The zero-order chi connectivity index (χ0) is 23.1. The fourth-order valence-electron chi connectivity index (χ4n) is 3.95. The van der Waals surface area contributed by atoms with Crippen LogP contribution in [0.15, 0.2) is 43.5 Å². The predicted octanol–water partition coefficient (Wildman–Crippen LogP) is 2.39. The van der Waals surface area contributed by atoms with Crippen molar-refractivity contribution in [3.8, 4) is 17.1 Å². The van der Waals surface area contributed by atoms with Gasteiger partial charge in [-0.2, -0.15) is 20.2 Å². The molecule has 11 nitrogen and oxygen atoms in total. The molecule has 2 N–H and O–H groups in total. The van der Waals surface area contributed by atoms with Crippen LogP contribution in [0.25, 0.3) is 22.3 Å². The van der Waals surface area contributed by atoms with Crippen molar-refractivity contribution in [2.45, 2.75) is 25.0 Å². The molecular formula is C22H25N9O2. The highest BCUT2D eigenvalue weighted by molar-refractivity contribution is 5.97. The topological polar surface area (TPSA) is 119 Å². The first-order chi connectivity index (χ1) is 15.9. The first-order valence-corrected chi connectivity index (χ1v) is 10.6. The Kier molecular flexibility index (Phi) is 5.08. The third kappa shape index (κ3) is 3.93. The number of fused-ring (bicyclic) bond motifs is 1. The van der Waals surface area contributed by atoms with E-state index >= 15 is 0 Å². The Balaban J connectivity index is 1.47. The quantitative estimate of drug-likeness (QED) is 0.418. The number of carbonyl (C=O) groups is 1. The van der Waals surface area contributed by atoms with Crippen LogP contribution in [0.1, 0.15) is 12.8 Å². The highest BCUT2D eigenvalue weighted by Gasteiger charge is 2.36. The summed E-state index contributed by atoms with van der Waals surface area (Å²) in [6.45, 7) is 3.56. The average molecular weight is 448 g/mol. The molecule has 1 aliphatic carbocycles. The number of ether oxygens (including phenoxy) is 1. The van der Waals surface area contributed by atoms with Gasteiger partial charge in [-0.1, -0.05) is 6.58 Å². The van der Waals surface area contributed by atoms with Crippen molar-refractivity contribution in [1.82, 2.24) is 39.4 Å². The van der Waals surface area contributed by atoms with Crippen molar-refractivity contribution in [2.24, 2.45) is 14.1 Å². The number of hydrogen-bond acceptors (Lipinski definition) is 7. The predicted molar refractivity (Wildman–Crippen MR) is 123 cm³/mol. The van der Waals surface area contributed by atoms with E-state index in [2.05, 4.69) is 37.0 Å². The smallest absolute Gasteiger partial charge is 0.245 e.